The maximum atomic E-state index is 14.0. The lowest BCUT2D eigenvalue weighted by Gasteiger charge is -2.43. The summed E-state index contributed by atoms with van der Waals surface area (Å²) in [6, 6.07) is 13.3. The number of pyridine rings is 1. The lowest BCUT2D eigenvalue weighted by Crippen LogP contribution is -2.53. The van der Waals surface area contributed by atoms with Gasteiger partial charge in [0.2, 0.25) is 0 Å². The van der Waals surface area contributed by atoms with E-state index in [0.29, 0.717) is 46.1 Å². The maximum Gasteiger partial charge on any atom is 0.253 e. The number of nitrogens with one attached hydrogen (secondary N) is 1. The van der Waals surface area contributed by atoms with Gasteiger partial charge in [-0.05, 0) is 55.8 Å². The lowest BCUT2D eigenvalue weighted by atomic mass is 10.0. The average molecular weight is 577 g/mol. The second-order valence-corrected chi connectivity index (χ2v) is 10.9. The first-order chi connectivity index (χ1) is 18.9. The SMILES string of the molecule is O=C(NCc1ccc(Cl)cc1)c1cnc(N2CCN(C3CCN(Cc4ccc(F)cc4F)CC3)CC2)c(Cl)c1.[HH]. The van der Waals surface area contributed by atoms with Crippen molar-refractivity contribution in [3.8, 4) is 0 Å². The second-order valence-electron chi connectivity index (χ2n) is 10.1. The van der Waals surface area contributed by atoms with Crippen LogP contribution in [0.25, 0.3) is 0 Å². The van der Waals surface area contributed by atoms with E-state index < -0.39 is 11.6 Å². The number of nitrogens with zero attached hydrogens (tertiary/aromatic N) is 4. The molecule has 10 heteroatoms. The third kappa shape index (κ3) is 7.06. The minimum Gasteiger partial charge on any atom is -0.353 e. The highest BCUT2D eigenvalue weighted by molar-refractivity contribution is 6.33. The van der Waals surface area contributed by atoms with Crippen LogP contribution in [0, 0.1) is 11.6 Å². The Morgan fingerprint density at radius 1 is 0.974 bits per heavy atom. The van der Waals surface area contributed by atoms with Crippen molar-refractivity contribution in [2.45, 2.75) is 32.0 Å². The van der Waals surface area contributed by atoms with Gasteiger partial charge >= 0.3 is 0 Å². The van der Waals surface area contributed by atoms with E-state index in [9.17, 15) is 13.6 Å². The van der Waals surface area contributed by atoms with Crippen molar-refractivity contribution in [1.82, 2.24) is 20.1 Å². The predicted molar refractivity (Wildman–Crippen MR) is 152 cm³/mol. The highest BCUT2D eigenvalue weighted by atomic mass is 35.5. The molecule has 2 aliphatic rings. The Morgan fingerprint density at radius 2 is 1.69 bits per heavy atom. The molecular weight excluding hydrogens is 543 g/mol. The van der Waals surface area contributed by atoms with Crippen molar-refractivity contribution in [3.63, 3.8) is 0 Å². The van der Waals surface area contributed by atoms with Crippen LogP contribution in [-0.2, 0) is 13.1 Å². The van der Waals surface area contributed by atoms with Gasteiger partial charge in [0.05, 0.1) is 10.6 Å². The summed E-state index contributed by atoms with van der Waals surface area (Å²) in [5.41, 5.74) is 1.91. The van der Waals surface area contributed by atoms with Crippen LogP contribution in [0.4, 0.5) is 14.6 Å². The molecule has 3 heterocycles. The summed E-state index contributed by atoms with van der Waals surface area (Å²) < 4.78 is 27.2. The molecule has 1 N–H and O–H groups in total. The van der Waals surface area contributed by atoms with Gasteiger partial charge in [-0.1, -0.05) is 41.4 Å². The molecular formula is C29H33Cl2F2N5O. The van der Waals surface area contributed by atoms with Gasteiger partial charge in [0.15, 0.2) is 0 Å². The fourth-order valence-electron chi connectivity index (χ4n) is 5.31. The van der Waals surface area contributed by atoms with Crippen LogP contribution < -0.4 is 10.2 Å². The number of likely N-dealkylation sites (tertiary alicyclic amines) is 1. The molecule has 2 aliphatic heterocycles. The average Bonchev–Trinajstić information content (AvgIpc) is 2.94. The number of aromatic nitrogens is 1. The first-order valence-electron chi connectivity index (χ1n) is 13.2. The number of hydrogen-bond donors (Lipinski definition) is 1. The monoisotopic (exact) mass is 575 g/mol. The number of benzene rings is 2. The van der Waals surface area contributed by atoms with Gasteiger partial charge in [-0.15, -0.1) is 0 Å². The molecule has 2 saturated heterocycles. The van der Waals surface area contributed by atoms with E-state index in [-0.39, 0.29) is 7.33 Å². The molecule has 2 fully saturated rings. The van der Waals surface area contributed by atoms with Crippen LogP contribution in [0.2, 0.25) is 10.0 Å². The highest BCUT2D eigenvalue weighted by Gasteiger charge is 2.29. The Morgan fingerprint density at radius 3 is 2.36 bits per heavy atom. The van der Waals surface area contributed by atoms with Crippen molar-refractivity contribution in [2.24, 2.45) is 0 Å². The molecule has 0 unspecified atom stereocenters. The normalized spacial score (nSPS) is 17.4. The Balaban J connectivity index is 0.00000370. The van der Waals surface area contributed by atoms with E-state index in [4.69, 9.17) is 23.2 Å². The number of piperidine rings is 1. The number of anilines is 1. The van der Waals surface area contributed by atoms with Gasteiger partial charge in [-0.25, -0.2) is 13.8 Å². The molecule has 208 valence electrons. The quantitative estimate of drug-likeness (QED) is 0.395. The van der Waals surface area contributed by atoms with Crippen LogP contribution in [0.5, 0.6) is 0 Å². The van der Waals surface area contributed by atoms with Gasteiger partial charge in [0, 0.05) is 69.6 Å². The molecule has 5 rings (SSSR count). The standard InChI is InChI=1S/C29H31Cl2F2N5O.H2/c30-23-4-1-20(2-5-23)17-35-29(39)22-15-26(31)28(34-18-22)38-13-11-37(12-14-38)25-7-9-36(10-8-25)19-21-3-6-24(32)16-27(21)33;/h1-6,15-16,18,25H,7-14,17,19H2,(H,35,39);1H. The van der Waals surface area contributed by atoms with Crippen LogP contribution in [-0.4, -0.2) is 66.0 Å². The number of piperazine rings is 1. The summed E-state index contributed by atoms with van der Waals surface area (Å²) in [7, 11) is 0. The molecule has 2 aromatic carbocycles. The predicted octanol–water partition coefficient (Wildman–Crippen LogP) is 5.63. The van der Waals surface area contributed by atoms with Crippen LogP contribution in [0.3, 0.4) is 0 Å². The molecule has 1 amide bonds. The van der Waals surface area contributed by atoms with Crippen molar-refractivity contribution < 1.29 is 15.0 Å². The van der Waals surface area contributed by atoms with E-state index in [1.54, 1.807) is 24.4 Å². The fourth-order valence-corrected chi connectivity index (χ4v) is 5.72. The Bertz CT molecular complexity index is 1300. The minimum atomic E-state index is -0.544. The lowest BCUT2D eigenvalue weighted by molar-refractivity contribution is 0.0950. The number of carbonyl (C=O) groups excluding carboxylic acids is 1. The summed E-state index contributed by atoms with van der Waals surface area (Å²) in [6.07, 6.45) is 3.60. The summed E-state index contributed by atoms with van der Waals surface area (Å²) in [6.45, 7) is 6.07. The number of carbonyl (C=O) groups is 1. The smallest absolute Gasteiger partial charge is 0.253 e. The fraction of sp³-hybridized carbons (Fsp3) is 0.379. The highest BCUT2D eigenvalue weighted by Crippen LogP contribution is 2.27. The van der Waals surface area contributed by atoms with E-state index in [1.807, 2.05) is 12.1 Å². The number of amides is 1. The third-order valence-corrected chi connectivity index (χ3v) is 8.08. The van der Waals surface area contributed by atoms with E-state index in [0.717, 1.165) is 63.7 Å². The molecule has 0 saturated carbocycles. The summed E-state index contributed by atoms with van der Waals surface area (Å²) >= 11 is 12.5. The third-order valence-electron chi connectivity index (χ3n) is 7.55. The molecule has 3 aromatic rings. The zero-order valence-electron chi connectivity index (χ0n) is 21.6. The molecule has 0 bridgehead atoms. The Kier molecular flexibility index (Phi) is 8.97. The zero-order valence-corrected chi connectivity index (χ0v) is 23.1. The van der Waals surface area contributed by atoms with Crippen LogP contribution >= 0.6 is 23.2 Å². The molecule has 0 atom stereocenters. The van der Waals surface area contributed by atoms with Crippen molar-refractivity contribution in [2.75, 3.05) is 44.2 Å². The van der Waals surface area contributed by atoms with Gasteiger partial charge in [-0.3, -0.25) is 14.6 Å². The van der Waals surface area contributed by atoms with Crippen molar-refractivity contribution in [3.05, 3.63) is 93.1 Å². The van der Waals surface area contributed by atoms with Crippen molar-refractivity contribution >= 4 is 34.9 Å². The Hall–Kier alpha value is -2.78. The van der Waals surface area contributed by atoms with Gasteiger partial charge in [0.25, 0.3) is 5.91 Å². The molecule has 0 radical (unpaired) electrons. The molecule has 6 nitrogen and oxygen atoms in total. The largest absolute Gasteiger partial charge is 0.353 e. The maximum absolute atomic E-state index is 14.0. The molecule has 0 spiro atoms. The first kappa shape index (κ1) is 27.8. The summed E-state index contributed by atoms with van der Waals surface area (Å²) in [5, 5.41) is 4.00. The topological polar surface area (TPSA) is 51.7 Å². The molecule has 1 aromatic heterocycles. The van der Waals surface area contributed by atoms with E-state index >= 15 is 0 Å². The van der Waals surface area contributed by atoms with Gasteiger partial charge in [-0.2, -0.15) is 0 Å². The number of halogens is 4. The first-order valence-corrected chi connectivity index (χ1v) is 13.9. The minimum absolute atomic E-state index is 0. The van der Waals surface area contributed by atoms with E-state index in [1.165, 1.54) is 12.1 Å². The van der Waals surface area contributed by atoms with Crippen LogP contribution in [0.1, 0.15) is 35.8 Å². The zero-order chi connectivity index (χ0) is 27.4. The number of hydrogen-bond acceptors (Lipinski definition) is 5. The summed E-state index contributed by atoms with van der Waals surface area (Å²) in [5.74, 6) is -0.560. The van der Waals surface area contributed by atoms with Gasteiger partial charge in [0.1, 0.15) is 17.5 Å². The molecule has 39 heavy (non-hydrogen) atoms. The van der Waals surface area contributed by atoms with Crippen LogP contribution in [0.15, 0.2) is 54.7 Å². The Labute approximate surface area is 239 Å². The molecule has 0 aliphatic carbocycles. The summed E-state index contributed by atoms with van der Waals surface area (Å²) in [4.78, 5) is 24.0. The number of rotatable bonds is 7. The van der Waals surface area contributed by atoms with Gasteiger partial charge < -0.3 is 10.2 Å². The van der Waals surface area contributed by atoms with Crippen molar-refractivity contribution in [1.29, 1.82) is 0 Å². The van der Waals surface area contributed by atoms with E-state index in [2.05, 4.69) is 25.0 Å². The second kappa shape index (κ2) is 12.6.